The zero-order valence-corrected chi connectivity index (χ0v) is 19.1. The van der Waals surface area contributed by atoms with E-state index in [4.69, 9.17) is 0 Å². The molecule has 0 bridgehead atoms. The average Bonchev–Trinajstić information content (AvgIpc) is 2.81. The molecule has 0 saturated heterocycles. The molecule has 0 saturated carbocycles. The van der Waals surface area contributed by atoms with Crippen LogP contribution in [0.15, 0.2) is 35.5 Å². The van der Waals surface area contributed by atoms with E-state index >= 15 is 0 Å². The van der Waals surface area contributed by atoms with Crippen molar-refractivity contribution in [1.29, 1.82) is 0 Å². The van der Waals surface area contributed by atoms with E-state index in [1.807, 2.05) is 0 Å². The monoisotopic (exact) mass is 513 g/mol. The zero-order valence-electron chi connectivity index (χ0n) is 11.6. The molecule has 18 heavy (non-hydrogen) atoms. The van der Waals surface area contributed by atoms with Crippen molar-refractivity contribution >= 4 is 15.4 Å². The largest absolute Gasteiger partial charge is 4.00 e. The van der Waals surface area contributed by atoms with Gasteiger partial charge in [-0.05, 0) is 0 Å². The standard InChI is InChI=1S/2C6H7.C2H7Ge.2ClH.Hf/c2*1-6-4-2-3-5-6;1-3-2;;;/h2*2,4H,3H2,1H3;3H,1-2H3;2*1H;/q2*-1;;;;+4/p-2. The summed E-state index contributed by atoms with van der Waals surface area (Å²) in [7, 11) is 0. The van der Waals surface area contributed by atoms with Crippen LogP contribution in [0.2, 0.25) is 11.5 Å². The van der Waals surface area contributed by atoms with Crippen LogP contribution in [-0.4, -0.2) is 15.4 Å². The van der Waals surface area contributed by atoms with Crippen LogP contribution in [0.4, 0.5) is 0 Å². The van der Waals surface area contributed by atoms with E-state index in [1.165, 1.54) is 11.1 Å². The topological polar surface area (TPSA) is 0 Å². The number of halogens is 2. The fourth-order valence-corrected chi connectivity index (χ4v) is 1.03. The molecule has 0 nitrogen and oxygen atoms in total. The van der Waals surface area contributed by atoms with E-state index in [0.29, 0.717) is 15.4 Å². The SMILES string of the molecule is CC1=[C-]CC=C1.CC1=[C-]CC=C1.[CH3][GeH][CH3].[Cl-].[Cl-].[Hf+4]. The molecule has 0 spiro atoms. The Bertz CT molecular complexity index is 248. The van der Waals surface area contributed by atoms with E-state index in [2.05, 4.69) is 61.8 Å². The molecule has 2 aliphatic rings. The Hall–Kier alpha value is 0.953. The van der Waals surface area contributed by atoms with Crippen LogP contribution in [0.25, 0.3) is 0 Å². The molecule has 0 aromatic heterocycles. The van der Waals surface area contributed by atoms with Crippen molar-refractivity contribution in [2.75, 3.05) is 0 Å². The quantitative estimate of drug-likeness (QED) is 0.259. The predicted molar refractivity (Wildman–Crippen MR) is 71.3 cm³/mol. The van der Waals surface area contributed by atoms with Crippen molar-refractivity contribution in [3.05, 3.63) is 47.6 Å². The Balaban J connectivity index is -0.0000000793. The van der Waals surface area contributed by atoms with Crippen LogP contribution >= 0.6 is 0 Å². The van der Waals surface area contributed by atoms with Gasteiger partial charge in [-0.15, -0.1) is 12.8 Å². The summed E-state index contributed by atoms with van der Waals surface area (Å²) in [5.41, 5.74) is 2.55. The smallest absolute Gasteiger partial charge is 1.00 e. The van der Waals surface area contributed by atoms with E-state index < -0.39 is 0 Å². The second kappa shape index (κ2) is 20.3. The van der Waals surface area contributed by atoms with Gasteiger partial charge in [-0.25, -0.2) is 23.3 Å². The van der Waals surface area contributed by atoms with Gasteiger partial charge < -0.3 is 24.8 Å². The van der Waals surface area contributed by atoms with E-state index in [1.54, 1.807) is 0 Å². The minimum absolute atomic E-state index is 0. The number of hydrogen-bond acceptors (Lipinski definition) is 0. The van der Waals surface area contributed by atoms with Gasteiger partial charge in [-0.3, -0.25) is 12.2 Å². The Morgan fingerprint density at radius 1 is 0.889 bits per heavy atom. The second-order valence-electron chi connectivity index (χ2n) is 3.51. The van der Waals surface area contributed by atoms with Crippen LogP contribution < -0.4 is 24.8 Å². The third-order valence-electron chi connectivity index (χ3n) is 1.73. The molecular formula is C14H21Cl2GeHf. The van der Waals surface area contributed by atoms with Crippen molar-refractivity contribution in [1.82, 2.24) is 0 Å². The van der Waals surface area contributed by atoms with Crippen LogP contribution in [0.5, 0.6) is 0 Å². The minimum atomic E-state index is 0. The van der Waals surface area contributed by atoms with Crippen LogP contribution in [-0.2, 0) is 25.8 Å². The first-order valence-corrected chi connectivity index (χ1v) is 10.3. The molecule has 1 radical (unpaired) electrons. The summed E-state index contributed by atoms with van der Waals surface area (Å²) in [5, 5.41) is 0. The van der Waals surface area contributed by atoms with Gasteiger partial charge >= 0.3 is 52.8 Å². The molecule has 2 rings (SSSR count). The zero-order chi connectivity index (χ0) is 11.5. The molecule has 0 heterocycles. The maximum Gasteiger partial charge on any atom is 4.00 e. The van der Waals surface area contributed by atoms with Crippen LogP contribution in [0, 0.1) is 12.2 Å². The van der Waals surface area contributed by atoms with Crippen molar-refractivity contribution in [2.24, 2.45) is 0 Å². The average molecular weight is 511 g/mol. The summed E-state index contributed by atoms with van der Waals surface area (Å²) in [6.07, 6.45) is 16.7. The van der Waals surface area contributed by atoms with Gasteiger partial charge in [0.05, 0.1) is 0 Å². The first kappa shape index (κ1) is 27.3. The molecule has 2 aliphatic carbocycles. The molecule has 0 fully saturated rings. The van der Waals surface area contributed by atoms with Gasteiger partial charge in [0.2, 0.25) is 0 Å². The Morgan fingerprint density at radius 2 is 1.17 bits per heavy atom. The first-order chi connectivity index (χ1) is 7.20. The van der Waals surface area contributed by atoms with Gasteiger partial charge in [0.15, 0.2) is 0 Å². The molecule has 0 aromatic rings. The maximum absolute atomic E-state index is 3.12. The van der Waals surface area contributed by atoms with Gasteiger partial charge in [-0.2, -0.15) is 12.2 Å². The van der Waals surface area contributed by atoms with Gasteiger partial charge in [-0.1, -0.05) is 13.8 Å². The summed E-state index contributed by atoms with van der Waals surface area (Å²) in [5.74, 6) is 4.56. The van der Waals surface area contributed by atoms with Crippen molar-refractivity contribution in [3.8, 4) is 0 Å². The van der Waals surface area contributed by atoms with Crippen molar-refractivity contribution < 1.29 is 50.7 Å². The van der Waals surface area contributed by atoms with Crippen molar-refractivity contribution in [2.45, 2.75) is 38.2 Å². The van der Waals surface area contributed by atoms with Gasteiger partial charge in [0.25, 0.3) is 0 Å². The van der Waals surface area contributed by atoms with Crippen molar-refractivity contribution in [3.63, 3.8) is 0 Å². The second-order valence-corrected chi connectivity index (χ2v) is 5.93. The van der Waals surface area contributed by atoms with Crippen LogP contribution in [0.3, 0.4) is 0 Å². The minimum Gasteiger partial charge on any atom is -1.00 e. The number of hydrogen-bond donors (Lipinski definition) is 0. The van der Waals surface area contributed by atoms with E-state index in [0.717, 1.165) is 12.8 Å². The van der Waals surface area contributed by atoms with Gasteiger partial charge in [0, 0.05) is 0 Å². The summed E-state index contributed by atoms with van der Waals surface area (Å²) in [6, 6.07) is 0. The Labute approximate surface area is 151 Å². The summed E-state index contributed by atoms with van der Waals surface area (Å²) >= 11 is 0.312. The Kier molecular flexibility index (Phi) is 30.8. The summed E-state index contributed by atoms with van der Waals surface area (Å²) in [6.45, 7) is 4.12. The number of rotatable bonds is 0. The van der Waals surface area contributed by atoms with E-state index in [-0.39, 0.29) is 50.7 Å². The molecule has 0 N–H and O–H groups in total. The fourth-order valence-electron chi connectivity index (χ4n) is 1.03. The normalized spacial score (nSPS) is 13.3. The summed E-state index contributed by atoms with van der Waals surface area (Å²) < 4.78 is 0. The molecule has 99 valence electrons. The first-order valence-electron chi connectivity index (χ1n) is 5.42. The van der Waals surface area contributed by atoms with Crippen LogP contribution in [0.1, 0.15) is 26.7 Å². The van der Waals surface area contributed by atoms with Gasteiger partial charge in [0.1, 0.15) is 0 Å². The molecule has 0 amide bonds. The predicted octanol–water partition coefficient (Wildman–Crippen LogP) is -2.08. The fraction of sp³-hybridized carbons (Fsp3) is 0.429. The Morgan fingerprint density at radius 3 is 1.22 bits per heavy atom. The molecule has 0 atom stereocenters. The maximum atomic E-state index is 3.12. The molecule has 4 heteroatoms. The molecule has 0 aliphatic heterocycles. The number of allylic oxidation sites excluding steroid dienone is 8. The molecule has 0 unspecified atom stereocenters. The molecular weight excluding hydrogens is 490 g/mol. The summed E-state index contributed by atoms with van der Waals surface area (Å²) in [4.78, 5) is 0. The molecule has 0 aromatic carbocycles. The third-order valence-corrected chi connectivity index (χ3v) is 1.73. The third kappa shape index (κ3) is 19.3. The van der Waals surface area contributed by atoms with E-state index in [9.17, 15) is 0 Å².